The maximum atomic E-state index is 5.77. The third-order valence-corrected chi connectivity index (χ3v) is 4.85. The van der Waals surface area contributed by atoms with Gasteiger partial charge >= 0.3 is 0 Å². The third-order valence-electron chi connectivity index (χ3n) is 2.28. The van der Waals surface area contributed by atoms with E-state index in [4.69, 9.17) is 4.42 Å². The zero-order valence-electron chi connectivity index (χ0n) is 10.1. The van der Waals surface area contributed by atoms with Crippen LogP contribution >= 0.6 is 22.6 Å². The van der Waals surface area contributed by atoms with E-state index in [9.17, 15) is 0 Å². The molecule has 0 amide bonds. The lowest BCUT2D eigenvalue weighted by atomic mass is 10.2. The van der Waals surface area contributed by atoms with Gasteiger partial charge in [0.25, 0.3) is 0 Å². The van der Waals surface area contributed by atoms with Crippen molar-refractivity contribution in [2.45, 2.75) is 39.9 Å². The standard InChI is InChI=1S/C12H19IOSi/c1-9(2)6-7-10-11(15(3,4)5)8-12(13)14-10/h6,8H,7H2,1-5H3. The number of rotatable bonds is 3. The highest BCUT2D eigenvalue weighted by molar-refractivity contribution is 14.1. The summed E-state index contributed by atoms with van der Waals surface area (Å²) in [5, 5.41) is 1.46. The monoisotopic (exact) mass is 334 g/mol. The summed E-state index contributed by atoms with van der Waals surface area (Å²) < 4.78 is 6.78. The number of allylic oxidation sites excluding steroid dienone is 2. The summed E-state index contributed by atoms with van der Waals surface area (Å²) in [4.78, 5) is 0. The summed E-state index contributed by atoms with van der Waals surface area (Å²) in [5.74, 6) is 1.17. The molecule has 0 fully saturated rings. The molecule has 1 nitrogen and oxygen atoms in total. The molecular formula is C12H19IOSi. The quantitative estimate of drug-likeness (QED) is 0.464. The highest BCUT2D eigenvalue weighted by atomic mass is 127. The van der Waals surface area contributed by atoms with Gasteiger partial charge in [0.1, 0.15) is 5.76 Å². The molecule has 0 atom stereocenters. The molecule has 0 bridgehead atoms. The summed E-state index contributed by atoms with van der Waals surface area (Å²) in [6.07, 6.45) is 3.17. The zero-order valence-corrected chi connectivity index (χ0v) is 13.3. The summed E-state index contributed by atoms with van der Waals surface area (Å²) in [6.45, 7) is 11.3. The Bertz CT molecular complexity index is 367. The molecule has 15 heavy (non-hydrogen) atoms. The van der Waals surface area contributed by atoms with Gasteiger partial charge in [-0.25, -0.2) is 0 Å². The smallest absolute Gasteiger partial charge is 0.163 e. The summed E-state index contributed by atoms with van der Waals surface area (Å²) in [7, 11) is -1.26. The molecule has 1 heterocycles. The van der Waals surface area contributed by atoms with Crippen LogP contribution in [0.15, 0.2) is 22.1 Å². The van der Waals surface area contributed by atoms with E-state index in [0.717, 1.165) is 10.2 Å². The Morgan fingerprint density at radius 3 is 2.47 bits per heavy atom. The molecule has 0 saturated heterocycles. The molecule has 0 radical (unpaired) electrons. The first-order chi connectivity index (χ1) is 6.80. The van der Waals surface area contributed by atoms with Crippen LogP contribution in [0.3, 0.4) is 0 Å². The maximum Gasteiger partial charge on any atom is 0.163 e. The first-order valence-electron chi connectivity index (χ1n) is 5.23. The average molecular weight is 334 g/mol. The van der Waals surface area contributed by atoms with Crippen LogP contribution in [-0.2, 0) is 6.42 Å². The molecule has 0 saturated carbocycles. The van der Waals surface area contributed by atoms with Gasteiger partial charge in [0, 0.05) is 6.42 Å². The summed E-state index contributed by atoms with van der Waals surface area (Å²) in [5.41, 5.74) is 1.35. The predicted molar refractivity (Wildman–Crippen MR) is 77.5 cm³/mol. The van der Waals surface area contributed by atoms with Gasteiger partial charge in [0.15, 0.2) is 3.77 Å². The highest BCUT2D eigenvalue weighted by Crippen LogP contribution is 2.15. The van der Waals surface area contributed by atoms with Gasteiger partial charge in [-0.3, -0.25) is 0 Å². The fraction of sp³-hybridized carbons (Fsp3) is 0.500. The van der Waals surface area contributed by atoms with Crippen molar-refractivity contribution < 1.29 is 4.42 Å². The van der Waals surface area contributed by atoms with Crippen molar-refractivity contribution in [2.75, 3.05) is 0 Å². The van der Waals surface area contributed by atoms with E-state index < -0.39 is 8.07 Å². The fourth-order valence-corrected chi connectivity index (χ4v) is 3.90. The van der Waals surface area contributed by atoms with Gasteiger partial charge in [0.2, 0.25) is 0 Å². The first-order valence-corrected chi connectivity index (χ1v) is 9.80. The molecule has 0 aliphatic heterocycles. The molecule has 1 aromatic heterocycles. The predicted octanol–water partition coefficient (Wildman–Crippen LogP) is 3.94. The molecule has 0 spiro atoms. The summed E-state index contributed by atoms with van der Waals surface area (Å²) >= 11 is 2.26. The van der Waals surface area contributed by atoms with Gasteiger partial charge in [-0.2, -0.15) is 0 Å². The molecule has 1 rings (SSSR count). The van der Waals surface area contributed by atoms with E-state index in [2.05, 4.69) is 68.2 Å². The largest absolute Gasteiger partial charge is 0.455 e. The minimum absolute atomic E-state index is 0.935. The van der Waals surface area contributed by atoms with Crippen LogP contribution in [0.2, 0.25) is 19.6 Å². The minimum atomic E-state index is -1.26. The Balaban J connectivity index is 3.02. The Morgan fingerprint density at radius 2 is 2.00 bits per heavy atom. The minimum Gasteiger partial charge on any atom is -0.455 e. The molecule has 84 valence electrons. The van der Waals surface area contributed by atoms with Crippen LogP contribution in [0.4, 0.5) is 0 Å². The molecule has 0 aliphatic rings. The second kappa shape index (κ2) is 4.87. The van der Waals surface area contributed by atoms with Crippen LogP contribution in [-0.4, -0.2) is 8.07 Å². The van der Waals surface area contributed by atoms with Crippen molar-refractivity contribution in [3.8, 4) is 0 Å². The number of hydrogen-bond acceptors (Lipinski definition) is 1. The lowest BCUT2D eigenvalue weighted by Gasteiger charge is -2.15. The lowest BCUT2D eigenvalue weighted by Crippen LogP contribution is -2.38. The van der Waals surface area contributed by atoms with Crippen LogP contribution in [0.25, 0.3) is 0 Å². The molecule has 0 aliphatic carbocycles. The van der Waals surface area contributed by atoms with Crippen molar-refractivity contribution in [1.82, 2.24) is 0 Å². The normalized spacial score (nSPS) is 11.6. The summed E-state index contributed by atoms with van der Waals surface area (Å²) in [6, 6.07) is 2.21. The van der Waals surface area contributed by atoms with Gasteiger partial charge in [-0.05, 0) is 47.7 Å². The lowest BCUT2D eigenvalue weighted by molar-refractivity contribution is 0.499. The van der Waals surface area contributed by atoms with E-state index in [1.54, 1.807) is 0 Å². The van der Waals surface area contributed by atoms with Crippen LogP contribution in [0.1, 0.15) is 19.6 Å². The fourth-order valence-electron chi connectivity index (χ4n) is 1.48. The van der Waals surface area contributed by atoms with Crippen molar-refractivity contribution in [3.05, 3.63) is 27.2 Å². The van der Waals surface area contributed by atoms with E-state index in [1.807, 2.05) is 0 Å². The molecule has 1 aromatic rings. The third kappa shape index (κ3) is 3.79. The molecular weight excluding hydrogens is 315 g/mol. The van der Waals surface area contributed by atoms with E-state index >= 15 is 0 Å². The van der Waals surface area contributed by atoms with Gasteiger partial charge in [-0.15, -0.1) is 0 Å². The molecule has 0 unspecified atom stereocenters. The maximum absolute atomic E-state index is 5.77. The molecule has 0 aromatic carbocycles. The average Bonchev–Trinajstić information content (AvgIpc) is 2.42. The Kier molecular flexibility index (Phi) is 4.23. The number of hydrogen-bond donors (Lipinski definition) is 0. The zero-order chi connectivity index (χ0) is 11.6. The van der Waals surface area contributed by atoms with Crippen LogP contribution in [0, 0.1) is 3.77 Å². The second-order valence-electron chi connectivity index (χ2n) is 5.12. The first kappa shape index (κ1) is 13.0. The van der Waals surface area contributed by atoms with Gasteiger partial charge in [-0.1, -0.05) is 31.3 Å². The van der Waals surface area contributed by atoms with E-state index in [0.29, 0.717) is 0 Å². The van der Waals surface area contributed by atoms with Crippen LogP contribution in [0.5, 0.6) is 0 Å². The van der Waals surface area contributed by atoms with E-state index in [1.165, 1.54) is 16.5 Å². The van der Waals surface area contributed by atoms with Crippen molar-refractivity contribution in [3.63, 3.8) is 0 Å². The van der Waals surface area contributed by atoms with Crippen molar-refractivity contribution in [2.24, 2.45) is 0 Å². The van der Waals surface area contributed by atoms with Gasteiger partial charge < -0.3 is 4.42 Å². The van der Waals surface area contributed by atoms with Crippen molar-refractivity contribution in [1.29, 1.82) is 0 Å². The molecule has 0 N–H and O–H groups in total. The van der Waals surface area contributed by atoms with Gasteiger partial charge in [0.05, 0.1) is 8.07 Å². The topological polar surface area (TPSA) is 13.1 Å². The SMILES string of the molecule is CC(C)=CCc1oc(I)cc1[Si](C)(C)C. The van der Waals surface area contributed by atoms with Crippen molar-refractivity contribution >= 4 is 35.9 Å². The molecule has 3 heteroatoms. The van der Waals surface area contributed by atoms with Crippen LogP contribution < -0.4 is 5.19 Å². The van der Waals surface area contributed by atoms with E-state index in [-0.39, 0.29) is 0 Å². The second-order valence-corrected chi connectivity index (χ2v) is 11.2. The number of halogens is 1. The Hall–Kier alpha value is -0.0331. The Labute approximate surface area is 107 Å². The Morgan fingerprint density at radius 1 is 1.40 bits per heavy atom. The number of furan rings is 1. The highest BCUT2D eigenvalue weighted by Gasteiger charge is 2.23.